The first-order valence-electron chi connectivity index (χ1n) is 7.91. The van der Waals surface area contributed by atoms with Crippen LogP contribution in [-0.2, 0) is 9.53 Å². The van der Waals surface area contributed by atoms with Gasteiger partial charge in [-0.25, -0.2) is 4.79 Å². The summed E-state index contributed by atoms with van der Waals surface area (Å²) in [4.78, 5) is 29.4. The minimum Gasteiger partial charge on any atom is -0.465 e. The van der Waals surface area contributed by atoms with E-state index in [0.717, 1.165) is 38.3 Å². The van der Waals surface area contributed by atoms with E-state index in [2.05, 4.69) is 22.0 Å². The molecule has 128 valence electrons. The van der Waals surface area contributed by atoms with Crippen LogP contribution in [0.3, 0.4) is 0 Å². The lowest BCUT2D eigenvalue weighted by Gasteiger charge is -2.36. The van der Waals surface area contributed by atoms with E-state index in [-0.39, 0.29) is 11.9 Å². The van der Waals surface area contributed by atoms with Crippen molar-refractivity contribution in [3.8, 4) is 0 Å². The molecular weight excluding hydrogens is 314 g/mol. The molecule has 2 heterocycles. The normalized spacial score (nSPS) is 17.7. The van der Waals surface area contributed by atoms with Crippen LogP contribution in [0.25, 0.3) is 0 Å². The number of nitrogens with one attached hydrogen (secondary N) is 1. The Morgan fingerprint density at radius 1 is 1.35 bits per heavy atom. The minimum absolute atomic E-state index is 0.0819. The molecule has 1 fully saturated rings. The monoisotopic (exact) mass is 339 g/mol. The summed E-state index contributed by atoms with van der Waals surface area (Å²) in [7, 11) is 1.35. The molecule has 2 rings (SSSR count). The van der Waals surface area contributed by atoms with Gasteiger partial charge in [-0.15, -0.1) is 11.3 Å². The lowest BCUT2D eigenvalue weighted by molar-refractivity contribution is -0.121. The first-order valence-corrected chi connectivity index (χ1v) is 8.79. The Labute approximate surface area is 141 Å². The number of amides is 1. The Balaban J connectivity index is 2.02. The first kappa shape index (κ1) is 17.9. The third-order valence-corrected chi connectivity index (χ3v) is 5.45. The molecule has 0 saturated carbocycles. The van der Waals surface area contributed by atoms with Crippen molar-refractivity contribution in [1.82, 2.24) is 9.80 Å². The highest BCUT2D eigenvalue weighted by Crippen LogP contribution is 2.28. The van der Waals surface area contributed by atoms with Gasteiger partial charge in [-0.1, -0.05) is 6.92 Å². The second-order valence-corrected chi connectivity index (χ2v) is 6.63. The molecule has 6 nitrogen and oxygen atoms in total. The Hall–Kier alpha value is -1.44. The van der Waals surface area contributed by atoms with E-state index in [0.29, 0.717) is 10.6 Å². The number of nitrogens with zero attached hydrogens (tertiary/aromatic N) is 2. The molecule has 1 aliphatic rings. The zero-order chi connectivity index (χ0) is 17.0. The molecule has 1 saturated heterocycles. The Kier molecular flexibility index (Phi) is 6.15. The van der Waals surface area contributed by atoms with Crippen LogP contribution in [0, 0.1) is 6.92 Å². The smallest absolute Gasteiger partial charge is 0.350 e. The average molecular weight is 339 g/mol. The van der Waals surface area contributed by atoms with Crippen LogP contribution in [0.15, 0.2) is 5.38 Å². The highest BCUT2D eigenvalue weighted by atomic mass is 32.1. The van der Waals surface area contributed by atoms with Gasteiger partial charge in [0.25, 0.3) is 0 Å². The van der Waals surface area contributed by atoms with Crippen molar-refractivity contribution >= 4 is 28.9 Å². The van der Waals surface area contributed by atoms with Crippen LogP contribution in [0.1, 0.15) is 29.1 Å². The number of carbonyl (C=O) groups is 2. The van der Waals surface area contributed by atoms with Crippen LogP contribution < -0.4 is 5.32 Å². The molecule has 0 aromatic carbocycles. The van der Waals surface area contributed by atoms with Gasteiger partial charge in [0.05, 0.1) is 18.8 Å². The standard InChI is InChI=1S/C16H25N3O3S/c1-5-18-6-8-19(9-7-18)12(3)15(20)17-13-11(2)10-23-14(13)16(21)22-4/h10,12H,5-9H2,1-4H3,(H,17,20). The summed E-state index contributed by atoms with van der Waals surface area (Å²) in [6.07, 6.45) is 0. The van der Waals surface area contributed by atoms with Gasteiger partial charge < -0.3 is 15.0 Å². The third-order valence-electron chi connectivity index (χ3n) is 4.38. The lowest BCUT2D eigenvalue weighted by atomic mass is 10.2. The molecule has 0 aliphatic carbocycles. The van der Waals surface area contributed by atoms with Crippen LogP contribution >= 0.6 is 11.3 Å². The topological polar surface area (TPSA) is 61.9 Å². The number of carbonyl (C=O) groups excluding carboxylic acids is 2. The second kappa shape index (κ2) is 7.90. The zero-order valence-electron chi connectivity index (χ0n) is 14.2. The van der Waals surface area contributed by atoms with E-state index in [1.807, 2.05) is 19.2 Å². The highest BCUT2D eigenvalue weighted by Gasteiger charge is 2.27. The fourth-order valence-electron chi connectivity index (χ4n) is 2.70. The molecule has 0 radical (unpaired) electrons. The predicted molar refractivity (Wildman–Crippen MR) is 92.2 cm³/mol. The van der Waals surface area contributed by atoms with Crippen LogP contribution in [-0.4, -0.2) is 67.6 Å². The van der Waals surface area contributed by atoms with Gasteiger partial charge in [0, 0.05) is 26.2 Å². The number of esters is 1. The van der Waals surface area contributed by atoms with Crippen LogP contribution in [0.5, 0.6) is 0 Å². The molecule has 7 heteroatoms. The van der Waals surface area contributed by atoms with Gasteiger partial charge in [0.2, 0.25) is 5.91 Å². The molecule has 1 N–H and O–H groups in total. The van der Waals surface area contributed by atoms with Crippen molar-refractivity contribution in [2.45, 2.75) is 26.8 Å². The molecule has 0 spiro atoms. The number of likely N-dealkylation sites (N-methyl/N-ethyl adjacent to an activating group) is 1. The van der Waals surface area contributed by atoms with Gasteiger partial charge in [-0.2, -0.15) is 0 Å². The maximum absolute atomic E-state index is 12.6. The van der Waals surface area contributed by atoms with E-state index < -0.39 is 5.97 Å². The van der Waals surface area contributed by atoms with Crippen molar-refractivity contribution in [3.63, 3.8) is 0 Å². The summed E-state index contributed by atoms with van der Waals surface area (Å²) in [5, 5.41) is 4.77. The number of hydrogen-bond acceptors (Lipinski definition) is 6. The Morgan fingerprint density at radius 3 is 2.57 bits per heavy atom. The number of methoxy groups -OCH3 is 1. The second-order valence-electron chi connectivity index (χ2n) is 5.75. The molecular formula is C16H25N3O3S. The number of thiophene rings is 1. The Bertz CT molecular complexity index is 565. The van der Waals surface area contributed by atoms with Gasteiger partial charge >= 0.3 is 5.97 Å². The van der Waals surface area contributed by atoms with Crippen molar-refractivity contribution in [2.24, 2.45) is 0 Å². The molecule has 1 aromatic rings. The van der Waals surface area contributed by atoms with E-state index in [1.54, 1.807) is 0 Å². The molecule has 1 aliphatic heterocycles. The van der Waals surface area contributed by atoms with Gasteiger partial charge in [0.1, 0.15) is 4.88 Å². The maximum Gasteiger partial charge on any atom is 0.350 e. The number of aryl methyl sites for hydroxylation is 1. The zero-order valence-corrected chi connectivity index (χ0v) is 15.0. The summed E-state index contributed by atoms with van der Waals surface area (Å²) in [5.41, 5.74) is 1.46. The molecule has 0 bridgehead atoms. The predicted octanol–water partition coefficient (Wildman–Crippen LogP) is 1.81. The summed E-state index contributed by atoms with van der Waals surface area (Å²) in [5.74, 6) is -0.496. The van der Waals surface area contributed by atoms with Gasteiger partial charge in [-0.05, 0) is 31.3 Å². The number of ether oxygens (including phenoxy) is 1. The summed E-state index contributed by atoms with van der Waals surface area (Å²) < 4.78 is 4.78. The van der Waals surface area contributed by atoms with Crippen LogP contribution in [0.4, 0.5) is 5.69 Å². The van der Waals surface area contributed by atoms with Crippen LogP contribution in [0.2, 0.25) is 0 Å². The summed E-state index contributed by atoms with van der Waals surface area (Å²) >= 11 is 1.29. The van der Waals surface area contributed by atoms with E-state index in [1.165, 1.54) is 18.4 Å². The molecule has 1 aromatic heterocycles. The number of anilines is 1. The quantitative estimate of drug-likeness (QED) is 0.829. The molecule has 1 unspecified atom stereocenters. The van der Waals surface area contributed by atoms with Crippen molar-refractivity contribution in [2.75, 3.05) is 45.2 Å². The summed E-state index contributed by atoms with van der Waals surface area (Å²) in [6, 6.07) is -0.223. The fraction of sp³-hybridized carbons (Fsp3) is 0.625. The van der Waals surface area contributed by atoms with E-state index in [4.69, 9.17) is 4.74 Å². The van der Waals surface area contributed by atoms with Gasteiger partial charge in [-0.3, -0.25) is 9.69 Å². The molecule has 1 amide bonds. The van der Waals surface area contributed by atoms with E-state index >= 15 is 0 Å². The van der Waals surface area contributed by atoms with Crippen molar-refractivity contribution in [1.29, 1.82) is 0 Å². The molecule has 23 heavy (non-hydrogen) atoms. The number of piperazine rings is 1. The van der Waals surface area contributed by atoms with Gasteiger partial charge in [0.15, 0.2) is 0 Å². The number of hydrogen-bond donors (Lipinski definition) is 1. The van der Waals surface area contributed by atoms with E-state index in [9.17, 15) is 9.59 Å². The average Bonchev–Trinajstić information content (AvgIpc) is 2.94. The summed E-state index contributed by atoms with van der Waals surface area (Å²) in [6.45, 7) is 10.7. The highest BCUT2D eigenvalue weighted by molar-refractivity contribution is 7.12. The Morgan fingerprint density at radius 2 is 2.00 bits per heavy atom. The fourth-order valence-corrected chi connectivity index (χ4v) is 3.62. The third kappa shape index (κ3) is 4.10. The first-order chi connectivity index (χ1) is 11.0. The largest absolute Gasteiger partial charge is 0.465 e. The SMILES string of the molecule is CCN1CCN(C(C)C(=O)Nc2c(C)csc2C(=O)OC)CC1. The minimum atomic E-state index is -0.414. The molecule has 1 atom stereocenters. The lowest BCUT2D eigenvalue weighted by Crippen LogP contribution is -2.52. The van der Waals surface area contributed by atoms with Crippen molar-refractivity contribution < 1.29 is 14.3 Å². The maximum atomic E-state index is 12.6. The van der Waals surface area contributed by atoms with Crippen molar-refractivity contribution in [3.05, 3.63) is 15.8 Å². The number of rotatable bonds is 5.